The topological polar surface area (TPSA) is 41.6 Å². The molecule has 0 spiro atoms. The van der Waals surface area contributed by atoms with Crippen LogP contribution in [0.5, 0.6) is 0 Å². The summed E-state index contributed by atoms with van der Waals surface area (Å²) in [5.74, 6) is 0.439. The third kappa shape index (κ3) is 5.95. The first-order valence-corrected chi connectivity index (χ1v) is 7.12. The van der Waals surface area contributed by atoms with Crippen molar-refractivity contribution >= 4 is 11.8 Å². The lowest BCUT2D eigenvalue weighted by Gasteiger charge is -2.19. The predicted octanol–water partition coefficient (Wildman–Crippen LogP) is 3.73. The molecule has 0 aliphatic carbocycles. The van der Waals surface area contributed by atoms with E-state index in [1.54, 1.807) is 11.9 Å². The number of anilines is 1. The second kappa shape index (κ2) is 7.78. The molecular weight excluding hydrogens is 252 g/mol. The van der Waals surface area contributed by atoms with Crippen molar-refractivity contribution in [3.05, 3.63) is 29.8 Å². The van der Waals surface area contributed by atoms with Crippen molar-refractivity contribution in [3.63, 3.8) is 0 Å². The van der Waals surface area contributed by atoms with Crippen molar-refractivity contribution in [3.8, 4) is 0 Å². The zero-order chi connectivity index (χ0) is 15.1. The Balaban J connectivity index is 2.43. The quantitative estimate of drug-likeness (QED) is 0.862. The Morgan fingerprint density at radius 2 is 1.80 bits per heavy atom. The molecule has 0 unspecified atom stereocenters. The fourth-order valence-corrected chi connectivity index (χ4v) is 1.91. The SMILES string of the molecule is CC(C)CN(C)C(=O)OCc1ccc(NC(C)C)cc1. The number of amides is 1. The van der Waals surface area contributed by atoms with Crippen molar-refractivity contribution in [2.75, 3.05) is 18.9 Å². The molecule has 1 aromatic rings. The van der Waals surface area contributed by atoms with Crippen molar-refractivity contribution in [2.24, 2.45) is 5.92 Å². The highest BCUT2D eigenvalue weighted by Gasteiger charge is 2.11. The van der Waals surface area contributed by atoms with Crippen LogP contribution in [-0.4, -0.2) is 30.6 Å². The normalized spacial score (nSPS) is 10.8. The van der Waals surface area contributed by atoms with Crippen LogP contribution in [0.1, 0.15) is 33.3 Å². The van der Waals surface area contributed by atoms with E-state index in [1.807, 2.05) is 24.3 Å². The number of rotatable bonds is 6. The molecular formula is C16H26N2O2. The Labute approximate surface area is 122 Å². The Morgan fingerprint density at radius 1 is 1.20 bits per heavy atom. The standard InChI is InChI=1S/C16H26N2O2/c1-12(2)10-18(5)16(19)20-11-14-6-8-15(9-7-14)17-13(3)4/h6-9,12-13,17H,10-11H2,1-5H3. The largest absolute Gasteiger partial charge is 0.445 e. The summed E-state index contributed by atoms with van der Waals surface area (Å²) in [5.41, 5.74) is 2.07. The van der Waals surface area contributed by atoms with Crippen LogP contribution >= 0.6 is 0 Å². The van der Waals surface area contributed by atoms with Gasteiger partial charge in [-0.3, -0.25) is 0 Å². The van der Waals surface area contributed by atoms with Crippen molar-refractivity contribution in [2.45, 2.75) is 40.3 Å². The van der Waals surface area contributed by atoms with Gasteiger partial charge >= 0.3 is 6.09 Å². The van der Waals surface area contributed by atoms with Crippen LogP contribution in [0, 0.1) is 5.92 Å². The molecule has 112 valence electrons. The smallest absolute Gasteiger partial charge is 0.409 e. The lowest BCUT2D eigenvalue weighted by molar-refractivity contribution is 0.101. The van der Waals surface area contributed by atoms with Gasteiger partial charge in [-0.15, -0.1) is 0 Å². The van der Waals surface area contributed by atoms with Gasteiger partial charge in [0, 0.05) is 25.3 Å². The Morgan fingerprint density at radius 3 is 2.30 bits per heavy atom. The third-order valence-electron chi connectivity index (χ3n) is 2.72. The minimum absolute atomic E-state index is 0.275. The van der Waals surface area contributed by atoms with Gasteiger partial charge < -0.3 is 15.0 Å². The Bertz CT molecular complexity index is 413. The van der Waals surface area contributed by atoms with Gasteiger partial charge in [0.25, 0.3) is 0 Å². The molecule has 0 heterocycles. The second-order valence-corrected chi connectivity index (χ2v) is 5.82. The minimum atomic E-state index is -0.275. The number of carbonyl (C=O) groups is 1. The van der Waals surface area contributed by atoms with E-state index in [-0.39, 0.29) is 6.09 Å². The predicted molar refractivity (Wildman–Crippen MR) is 82.9 cm³/mol. The summed E-state index contributed by atoms with van der Waals surface area (Å²) >= 11 is 0. The zero-order valence-corrected chi connectivity index (χ0v) is 13.1. The van der Waals surface area contributed by atoms with Crippen molar-refractivity contribution < 1.29 is 9.53 Å². The summed E-state index contributed by atoms with van der Waals surface area (Å²) in [5, 5.41) is 3.32. The molecule has 0 saturated heterocycles. The molecule has 1 N–H and O–H groups in total. The zero-order valence-electron chi connectivity index (χ0n) is 13.1. The molecule has 0 radical (unpaired) electrons. The molecule has 0 atom stereocenters. The average molecular weight is 278 g/mol. The summed E-state index contributed by atoms with van der Waals surface area (Å²) in [6, 6.07) is 8.35. The number of benzene rings is 1. The monoisotopic (exact) mass is 278 g/mol. The van der Waals surface area contributed by atoms with Crippen LogP contribution in [0.25, 0.3) is 0 Å². The lowest BCUT2D eigenvalue weighted by atomic mass is 10.2. The van der Waals surface area contributed by atoms with Gasteiger partial charge in [0.15, 0.2) is 0 Å². The van der Waals surface area contributed by atoms with E-state index < -0.39 is 0 Å². The summed E-state index contributed by atoms with van der Waals surface area (Å²) in [6.45, 7) is 9.36. The summed E-state index contributed by atoms with van der Waals surface area (Å²) in [7, 11) is 1.76. The number of hydrogen-bond donors (Lipinski definition) is 1. The van der Waals surface area contributed by atoms with Gasteiger partial charge in [0.2, 0.25) is 0 Å². The first-order valence-electron chi connectivity index (χ1n) is 7.12. The highest BCUT2D eigenvalue weighted by atomic mass is 16.6. The van der Waals surface area contributed by atoms with Gasteiger partial charge in [0.05, 0.1) is 0 Å². The molecule has 0 fully saturated rings. The summed E-state index contributed by atoms with van der Waals surface area (Å²) in [4.78, 5) is 13.4. The number of carbonyl (C=O) groups excluding carboxylic acids is 1. The number of nitrogens with zero attached hydrogens (tertiary/aromatic N) is 1. The highest BCUT2D eigenvalue weighted by Crippen LogP contribution is 2.12. The van der Waals surface area contributed by atoms with E-state index in [1.165, 1.54) is 0 Å². The highest BCUT2D eigenvalue weighted by molar-refractivity contribution is 5.67. The van der Waals surface area contributed by atoms with E-state index in [2.05, 4.69) is 33.0 Å². The van der Waals surface area contributed by atoms with Gasteiger partial charge in [-0.05, 0) is 37.5 Å². The van der Waals surface area contributed by atoms with Crippen LogP contribution < -0.4 is 5.32 Å². The maximum atomic E-state index is 11.8. The van der Waals surface area contributed by atoms with Crippen LogP contribution in [-0.2, 0) is 11.3 Å². The van der Waals surface area contributed by atoms with E-state index in [0.29, 0.717) is 25.1 Å². The Kier molecular flexibility index (Phi) is 6.36. The molecule has 20 heavy (non-hydrogen) atoms. The first-order chi connectivity index (χ1) is 9.38. The fraction of sp³-hybridized carbons (Fsp3) is 0.562. The molecule has 0 aromatic heterocycles. The average Bonchev–Trinajstić information content (AvgIpc) is 2.36. The lowest BCUT2D eigenvalue weighted by Crippen LogP contribution is -2.30. The molecule has 0 aliphatic rings. The number of hydrogen-bond acceptors (Lipinski definition) is 3. The van der Waals surface area contributed by atoms with Gasteiger partial charge in [-0.2, -0.15) is 0 Å². The second-order valence-electron chi connectivity index (χ2n) is 5.82. The minimum Gasteiger partial charge on any atom is -0.445 e. The molecule has 0 aliphatic heterocycles. The molecule has 0 bridgehead atoms. The molecule has 1 aromatic carbocycles. The van der Waals surface area contributed by atoms with E-state index in [4.69, 9.17) is 4.74 Å². The molecule has 4 heteroatoms. The van der Waals surface area contributed by atoms with E-state index in [9.17, 15) is 4.79 Å². The maximum absolute atomic E-state index is 11.8. The molecule has 1 amide bonds. The maximum Gasteiger partial charge on any atom is 0.409 e. The van der Waals surface area contributed by atoms with Crippen LogP contribution in [0.4, 0.5) is 10.5 Å². The van der Waals surface area contributed by atoms with E-state index >= 15 is 0 Å². The number of nitrogens with one attached hydrogen (secondary N) is 1. The molecule has 4 nitrogen and oxygen atoms in total. The summed E-state index contributed by atoms with van der Waals surface area (Å²) < 4.78 is 5.28. The van der Waals surface area contributed by atoms with Crippen molar-refractivity contribution in [1.82, 2.24) is 4.90 Å². The van der Waals surface area contributed by atoms with E-state index in [0.717, 1.165) is 11.3 Å². The fourth-order valence-electron chi connectivity index (χ4n) is 1.91. The van der Waals surface area contributed by atoms with Gasteiger partial charge in [-0.1, -0.05) is 26.0 Å². The Hall–Kier alpha value is -1.71. The van der Waals surface area contributed by atoms with Crippen LogP contribution in [0.2, 0.25) is 0 Å². The first kappa shape index (κ1) is 16.3. The van der Waals surface area contributed by atoms with Crippen molar-refractivity contribution in [1.29, 1.82) is 0 Å². The molecule has 0 saturated carbocycles. The summed E-state index contributed by atoms with van der Waals surface area (Å²) in [6.07, 6.45) is -0.275. The van der Waals surface area contributed by atoms with Gasteiger partial charge in [-0.25, -0.2) is 4.79 Å². The molecule has 1 rings (SSSR count). The number of ether oxygens (including phenoxy) is 1. The van der Waals surface area contributed by atoms with Crippen LogP contribution in [0.15, 0.2) is 24.3 Å². The third-order valence-corrected chi connectivity index (χ3v) is 2.72. The van der Waals surface area contributed by atoms with Crippen LogP contribution in [0.3, 0.4) is 0 Å². The van der Waals surface area contributed by atoms with Gasteiger partial charge in [0.1, 0.15) is 6.61 Å².